The largest absolute Gasteiger partial charge is 0.293 e. The molecule has 0 aliphatic heterocycles. The number of hydrogen-bond donors (Lipinski definition) is 0. The van der Waals surface area contributed by atoms with Crippen molar-refractivity contribution in [1.82, 2.24) is 0 Å². The minimum absolute atomic E-state index is 0.0461. The van der Waals surface area contributed by atoms with Gasteiger partial charge in [0.15, 0.2) is 5.78 Å². The van der Waals surface area contributed by atoms with Crippen LogP contribution in [-0.4, -0.2) is 15.7 Å². The van der Waals surface area contributed by atoms with Crippen molar-refractivity contribution in [1.29, 1.82) is 0 Å². The number of ketones is 1. The summed E-state index contributed by atoms with van der Waals surface area (Å²) in [5.41, 5.74) is 0.411. The van der Waals surface area contributed by atoms with E-state index in [4.69, 9.17) is 11.6 Å². The Hall–Kier alpha value is -1.52. The van der Waals surface area contributed by atoms with Crippen LogP contribution in [0.15, 0.2) is 53.4 Å². The zero-order valence-electron chi connectivity index (χ0n) is 9.81. The Kier molecular flexibility index (Phi) is 4.45. The molecule has 0 heterocycles. The lowest BCUT2D eigenvalue weighted by Crippen LogP contribution is -2.12. The zero-order valence-corrected chi connectivity index (χ0v) is 11.4. The molecular formula is C14H10ClFO2S. The Morgan fingerprint density at radius 2 is 1.74 bits per heavy atom. The maximum atomic E-state index is 13.4. The monoisotopic (exact) mass is 296 g/mol. The third-order valence-electron chi connectivity index (χ3n) is 2.51. The Balaban J connectivity index is 2.13. The summed E-state index contributed by atoms with van der Waals surface area (Å²) in [7, 11) is -1.69. The van der Waals surface area contributed by atoms with Gasteiger partial charge in [0.05, 0.1) is 21.4 Å². The molecule has 0 aliphatic carbocycles. The number of carbonyl (C=O) groups is 1. The number of carbonyl (C=O) groups excluding carboxylic acids is 1. The van der Waals surface area contributed by atoms with Crippen LogP contribution >= 0.6 is 11.6 Å². The molecule has 2 aromatic carbocycles. The molecule has 0 aliphatic rings. The highest BCUT2D eigenvalue weighted by atomic mass is 35.5. The normalized spacial score (nSPS) is 12.1. The second kappa shape index (κ2) is 6.08. The number of halogens is 2. The molecule has 0 fully saturated rings. The number of benzene rings is 2. The van der Waals surface area contributed by atoms with E-state index in [1.54, 1.807) is 30.3 Å². The summed E-state index contributed by atoms with van der Waals surface area (Å²) in [5, 5.41) is 0.520. The van der Waals surface area contributed by atoms with Gasteiger partial charge in [-0.3, -0.25) is 9.00 Å². The fraction of sp³-hybridized carbons (Fsp3) is 0.0714. The van der Waals surface area contributed by atoms with Gasteiger partial charge in [-0.15, -0.1) is 0 Å². The average molecular weight is 297 g/mol. The van der Waals surface area contributed by atoms with Crippen molar-refractivity contribution in [2.75, 3.05) is 5.75 Å². The molecule has 0 amide bonds. The Labute approximate surface area is 117 Å². The summed E-state index contributed by atoms with van der Waals surface area (Å²) >= 11 is 5.72. The molecule has 0 radical (unpaired) electrons. The molecule has 0 bridgehead atoms. The van der Waals surface area contributed by atoms with E-state index in [0.717, 1.165) is 0 Å². The van der Waals surface area contributed by atoms with Crippen molar-refractivity contribution in [2.24, 2.45) is 0 Å². The van der Waals surface area contributed by atoms with Gasteiger partial charge >= 0.3 is 0 Å². The first-order chi connectivity index (χ1) is 9.08. The van der Waals surface area contributed by atoms with Crippen molar-refractivity contribution < 1.29 is 13.4 Å². The average Bonchev–Trinajstić information content (AvgIpc) is 2.39. The summed E-state index contributed by atoms with van der Waals surface area (Å²) in [4.78, 5) is 11.9. The van der Waals surface area contributed by atoms with Gasteiger partial charge in [0.1, 0.15) is 5.82 Å². The molecule has 19 heavy (non-hydrogen) atoms. The Morgan fingerprint density at radius 3 is 2.37 bits per heavy atom. The van der Waals surface area contributed by atoms with Gasteiger partial charge in [-0.05, 0) is 36.4 Å². The van der Waals surface area contributed by atoms with Gasteiger partial charge < -0.3 is 0 Å². The van der Waals surface area contributed by atoms with Crippen LogP contribution in [0.3, 0.4) is 0 Å². The topological polar surface area (TPSA) is 34.1 Å². The first-order valence-corrected chi connectivity index (χ1v) is 7.19. The highest BCUT2D eigenvalue weighted by molar-refractivity contribution is 7.85. The molecule has 98 valence electrons. The highest BCUT2D eigenvalue weighted by Crippen LogP contribution is 2.14. The van der Waals surface area contributed by atoms with Crippen LogP contribution in [0.4, 0.5) is 4.39 Å². The van der Waals surface area contributed by atoms with Crippen LogP contribution < -0.4 is 0 Å². The predicted molar refractivity (Wildman–Crippen MR) is 73.5 cm³/mol. The molecule has 5 heteroatoms. The summed E-state index contributed by atoms with van der Waals surface area (Å²) in [6.45, 7) is 0. The van der Waals surface area contributed by atoms with E-state index in [-0.39, 0.29) is 16.4 Å². The fourth-order valence-corrected chi connectivity index (χ4v) is 2.75. The van der Waals surface area contributed by atoms with Crippen LogP contribution in [0.25, 0.3) is 0 Å². The van der Waals surface area contributed by atoms with Gasteiger partial charge in [0.25, 0.3) is 0 Å². The molecule has 0 saturated heterocycles. The van der Waals surface area contributed by atoms with E-state index in [2.05, 4.69) is 0 Å². The fourth-order valence-electron chi connectivity index (χ4n) is 1.55. The first-order valence-electron chi connectivity index (χ1n) is 5.49. The van der Waals surface area contributed by atoms with Crippen LogP contribution in [0.2, 0.25) is 5.02 Å². The minimum Gasteiger partial charge on any atom is -0.293 e. The van der Waals surface area contributed by atoms with Gasteiger partial charge in [-0.25, -0.2) is 4.39 Å². The second-order valence-electron chi connectivity index (χ2n) is 3.85. The summed E-state index contributed by atoms with van der Waals surface area (Å²) in [6, 6.07) is 12.0. The maximum absolute atomic E-state index is 13.4. The van der Waals surface area contributed by atoms with E-state index in [9.17, 15) is 13.4 Å². The molecule has 1 atom stereocenters. The van der Waals surface area contributed by atoms with Crippen LogP contribution in [0, 0.1) is 5.82 Å². The number of hydrogen-bond acceptors (Lipinski definition) is 2. The lowest BCUT2D eigenvalue weighted by molar-refractivity contribution is 0.102. The molecule has 2 rings (SSSR count). The van der Waals surface area contributed by atoms with Crippen molar-refractivity contribution in [3.8, 4) is 0 Å². The molecular weight excluding hydrogens is 287 g/mol. The van der Waals surface area contributed by atoms with Crippen LogP contribution in [0.5, 0.6) is 0 Å². The third kappa shape index (κ3) is 3.49. The van der Waals surface area contributed by atoms with E-state index >= 15 is 0 Å². The zero-order chi connectivity index (χ0) is 13.8. The molecule has 2 aromatic rings. The molecule has 2 nitrogen and oxygen atoms in total. The van der Waals surface area contributed by atoms with E-state index in [1.807, 2.05) is 0 Å². The SMILES string of the molecule is O=C(CS(=O)c1ccccc1F)c1ccc(Cl)cc1. The maximum Gasteiger partial charge on any atom is 0.175 e. The molecule has 1 unspecified atom stereocenters. The Morgan fingerprint density at radius 1 is 1.11 bits per heavy atom. The van der Waals surface area contributed by atoms with Gasteiger partial charge in [-0.1, -0.05) is 23.7 Å². The van der Waals surface area contributed by atoms with E-state index < -0.39 is 16.6 Å². The molecule has 0 aromatic heterocycles. The molecule has 0 spiro atoms. The quantitative estimate of drug-likeness (QED) is 0.810. The van der Waals surface area contributed by atoms with Crippen molar-refractivity contribution in [3.63, 3.8) is 0 Å². The van der Waals surface area contributed by atoms with Gasteiger partial charge in [-0.2, -0.15) is 0 Å². The van der Waals surface area contributed by atoms with E-state index in [0.29, 0.717) is 10.6 Å². The third-order valence-corrected chi connectivity index (χ3v) is 4.11. The van der Waals surface area contributed by atoms with Gasteiger partial charge in [0.2, 0.25) is 0 Å². The number of rotatable bonds is 4. The highest BCUT2D eigenvalue weighted by Gasteiger charge is 2.15. The van der Waals surface area contributed by atoms with Crippen LogP contribution in [0.1, 0.15) is 10.4 Å². The first kappa shape index (κ1) is 13.9. The van der Waals surface area contributed by atoms with Crippen molar-refractivity contribution in [3.05, 3.63) is 64.9 Å². The molecule has 0 N–H and O–H groups in total. The van der Waals surface area contributed by atoms with Crippen LogP contribution in [-0.2, 0) is 10.8 Å². The second-order valence-corrected chi connectivity index (χ2v) is 5.71. The van der Waals surface area contributed by atoms with Crippen molar-refractivity contribution in [2.45, 2.75) is 4.90 Å². The smallest absolute Gasteiger partial charge is 0.175 e. The van der Waals surface area contributed by atoms with Crippen molar-refractivity contribution >= 4 is 28.2 Å². The molecule has 0 saturated carbocycles. The van der Waals surface area contributed by atoms with Gasteiger partial charge in [0, 0.05) is 10.6 Å². The summed E-state index contributed by atoms with van der Waals surface area (Å²) in [6.07, 6.45) is 0. The summed E-state index contributed by atoms with van der Waals surface area (Å²) in [5.74, 6) is -1.12. The predicted octanol–water partition coefficient (Wildman–Crippen LogP) is 3.47. The number of Topliss-reactive ketones (excluding diaryl/α,β-unsaturated/α-hetero) is 1. The summed E-state index contributed by atoms with van der Waals surface area (Å²) < 4.78 is 25.4. The van der Waals surface area contributed by atoms with E-state index in [1.165, 1.54) is 18.2 Å². The lowest BCUT2D eigenvalue weighted by Gasteiger charge is -2.03. The Bertz CT molecular complexity index is 626. The lowest BCUT2D eigenvalue weighted by atomic mass is 10.1. The minimum atomic E-state index is -1.69. The standard InChI is InChI=1S/C14H10ClFO2S/c15-11-7-5-10(6-8-11)13(17)9-19(18)14-4-2-1-3-12(14)16/h1-8H,9H2.